The fraction of sp³-hybridized carbons (Fsp3) is 0.533. The molecule has 0 spiro atoms. The molecule has 1 amide bonds. The average molecular weight is 347 g/mol. The monoisotopic (exact) mass is 346 g/mol. The number of thioether (sulfide) groups is 2. The lowest BCUT2D eigenvalue weighted by Gasteiger charge is -2.28. The van der Waals surface area contributed by atoms with E-state index in [-0.39, 0.29) is 23.6 Å². The second kappa shape index (κ2) is 10.4. The minimum absolute atomic E-state index is 0. The van der Waals surface area contributed by atoms with Crippen LogP contribution in [0.1, 0.15) is 5.56 Å². The van der Waals surface area contributed by atoms with Crippen molar-refractivity contribution in [1.29, 1.82) is 0 Å². The quantitative estimate of drug-likeness (QED) is 0.858. The van der Waals surface area contributed by atoms with Gasteiger partial charge in [-0.15, -0.1) is 24.2 Å². The molecule has 1 aromatic carbocycles. The molecule has 0 bridgehead atoms. The van der Waals surface area contributed by atoms with Gasteiger partial charge in [0.1, 0.15) is 0 Å². The normalized spacial score (nSPS) is 17.9. The van der Waals surface area contributed by atoms with Gasteiger partial charge in [-0.3, -0.25) is 4.79 Å². The molecule has 6 heteroatoms. The maximum absolute atomic E-state index is 12.5. The lowest BCUT2D eigenvalue weighted by Crippen LogP contribution is -2.43. The molecule has 1 heterocycles. The molecule has 2 N–H and O–H groups in total. The molecule has 118 valence electrons. The second-order valence-corrected chi connectivity index (χ2v) is 7.24. The minimum atomic E-state index is 0. The highest BCUT2D eigenvalue weighted by molar-refractivity contribution is 8.07. The smallest absolute Gasteiger partial charge is 0.236 e. The molecule has 2 rings (SSSR count). The van der Waals surface area contributed by atoms with Gasteiger partial charge in [-0.25, -0.2) is 0 Å². The SMILES string of the molecule is Cl.NCCN(CCc1ccccc1)C(=O)C1CSCCS1. The zero-order valence-electron chi connectivity index (χ0n) is 12.1. The standard InChI is InChI=1S/C15H22N2OS2.ClH/c16-7-9-17(8-6-13-4-2-1-3-5-13)15(18)14-12-19-10-11-20-14;/h1-5,14H,6-12,16H2;1H. The molecule has 21 heavy (non-hydrogen) atoms. The van der Waals surface area contributed by atoms with Gasteiger partial charge in [0.25, 0.3) is 0 Å². The first-order valence-corrected chi connectivity index (χ1v) is 9.23. The molecule has 0 aliphatic carbocycles. The number of amides is 1. The molecule has 1 unspecified atom stereocenters. The van der Waals surface area contributed by atoms with Gasteiger partial charge in [-0.2, -0.15) is 11.8 Å². The number of hydrogen-bond acceptors (Lipinski definition) is 4. The van der Waals surface area contributed by atoms with Gasteiger partial charge >= 0.3 is 0 Å². The largest absolute Gasteiger partial charge is 0.340 e. The summed E-state index contributed by atoms with van der Waals surface area (Å²) in [5.41, 5.74) is 6.93. The van der Waals surface area contributed by atoms with E-state index >= 15 is 0 Å². The van der Waals surface area contributed by atoms with Crippen LogP contribution in [0.15, 0.2) is 30.3 Å². The third-order valence-electron chi connectivity index (χ3n) is 3.32. The van der Waals surface area contributed by atoms with Gasteiger partial charge in [0, 0.05) is 36.9 Å². The van der Waals surface area contributed by atoms with Gasteiger partial charge in [-0.1, -0.05) is 30.3 Å². The molecule has 1 atom stereocenters. The summed E-state index contributed by atoms with van der Waals surface area (Å²) in [6.07, 6.45) is 0.900. The predicted octanol–water partition coefficient (Wildman–Crippen LogP) is 2.29. The van der Waals surface area contributed by atoms with E-state index in [0.717, 1.165) is 30.2 Å². The van der Waals surface area contributed by atoms with E-state index in [1.165, 1.54) is 5.56 Å². The molecule has 1 aliphatic rings. The molecule has 1 aliphatic heterocycles. The van der Waals surface area contributed by atoms with E-state index in [4.69, 9.17) is 5.73 Å². The fourth-order valence-electron chi connectivity index (χ4n) is 2.23. The Kier molecular flexibility index (Phi) is 9.24. The Morgan fingerprint density at radius 3 is 2.62 bits per heavy atom. The molecule has 1 aromatic rings. The van der Waals surface area contributed by atoms with E-state index in [1.807, 2.05) is 34.9 Å². The van der Waals surface area contributed by atoms with Gasteiger partial charge in [0.15, 0.2) is 0 Å². The van der Waals surface area contributed by atoms with E-state index < -0.39 is 0 Å². The Labute approximate surface area is 141 Å². The van der Waals surface area contributed by atoms with Gasteiger partial charge in [0.05, 0.1) is 5.25 Å². The first kappa shape index (κ1) is 18.7. The number of nitrogens with two attached hydrogens (primary N) is 1. The number of hydrogen-bond donors (Lipinski definition) is 1. The lowest BCUT2D eigenvalue weighted by molar-refractivity contribution is -0.130. The van der Waals surface area contributed by atoms with Crippen LogP contribution in [0.4, 0.5) is 0 Å². The van der Waals surface area contributed by atoms with Crippen molar-refractivity contribution >= 4 is 41.8 Å². The van der Waals surface area contributed by atoms with Crippen molar-refractivity contribution in [3.63, 3.8) is 0 Å². The summed E-state index contributed by atoms with van der Waals surface area (Å²) >= 11 is 3.68. The van der Waals surface area contributed by atoms with Crippen molar-refractivity contribution < 1.29 is 4.79 Å². The maximum Gasteiger partial charge on any atom is 0.236 e. The number of carbonyl (C=O) groups excluding carboxylic acids is 1. The van der Waals surface area contributed by atoms with Crippen LogP contribution in [0, 0.1) is 0 Å². The summed E-state index contributed by atoms with van der Waals surface area (Å²) in [5.74, 6) is 3.45. The summed E-state index contributed by atoms with van der Waals surface area (Å²) in [6.45, 7) is 1.96. The first-order chi connectivity index (χ1) is 9.81. The number of carbonyl (C=O) groups is 1. The molecule has 0 saturated carbocycles. The van der Waals surface area contributed by atoms with Gasteiger partial charge in [0.2, 0.25) is 5.91 Å². The van der Waals surface area contributed by atoms with Crippen molar-refractivity contribution in [2.45, 2.75) is 11.7 Å². The van der Waals surface area contributed by atoms with Crippen LogP contribution in [0.25, 0.3) is 0 Å². The molecule has 0 aromatic heterocycles. The summed E-state index contributed by atoms with van der Waals surface area (Å²) < 4.78 is 0. The van der Waals surface area contributed by atoms with Crippen molar-refractivity contribution in [3.05, 3.63) is 35.9 Å². The average Bonchev–Trinajstić information content (AvgIpc) is 2.52. The molecule has 1 saturated heterocycles. The third kappa shape index (κ3) is 6.10. The topological polar surface area (TPSA) is 46.3 Å². The predicted molar refractivity (Wildman–Crippen MR) is 96.6 cm³/mol. The van der Waals surface area contributed by atoms with E-state index in [9.17, 15) is 4.79 Å². The molecule has 1 fully saturated rings. The Balaban J connectivity index is 0.00000220. The summed E-state index contributed by atoms with van der Waals surface area (Å²) in [7, 11) is 0. The molecular formula is C15H23ClN2OS2. The summed E-state index contributed by atoms with van der Waals surface area (Å²) in [6, 6.07) is 10.3. The van der Waals surface area contributed by atoms with Crippen molar-refractivity contribution in [3.8, 4) is 0 Å². The Morgan fingerprint density at radius 1 is 1.24 bits per heavy atom. The Morgan fingerprint density at radius 2 is 2.00 bits per heavy atom. The Bertz CT molecular complexity index is 413. The fourth-order valence-corrected chi connectivity index (χ4v) is 4.86. The first-order valence-electron chi connectivity index (χ1n) is 7.03. The van der Waals surface area contributed by atoms with Crippen molar-refractivity contribution in [2.24, 2.45) is 5.73 Å². The van der Waals surface area contributed by atoms with Crippen LogP contribution in [-0.2, 0) is 11.2 Å². The second-order valence-electron chi connectivity index (χ2n) is 4.78. The van der Waals surface area contributed by atoms with E-state index in [0.29, 0.717) is 13.1 Å². The van der Waals surface area contributed by atoms with Gasteiger partial charge < -0.3 is 10.6 Å². The zero-order valence-corrected chi connectivity index (χ0v) is 14.5. The van der Waals surface area contributed by atoms with Crippen LogP contribution >= 0.6 is 35.9 Å². The third-order valence-corrected chi connectivity index (χ3v) is 6.06. The van der Waals surface area contributed by atoms with Gasteiger partial charge in [-0.05, 0) is 12.0 Å². The number of rotatable bonds is 6. The van der Waals surface area contributed by atoms with Crippen LogP contribution in [0.3, 0.4) is 0 Å². The number of halogens is 1. The number of benzene rings is 1. The molecular weight excluding hydrogens is 324 g/mol. The highest BCUT2D eigenvalue weighted by Gasteiger charge is 2.26. The zero-order chi connectivity index (χ0) is 14.2. The number of nitrogens with zero attached hydrogens (tertiary/aromatic N) is 1. The maximum atomic E-state index is 12.5. The van der Waals surface area contributed by atoms with E-state index in [1.54, 1.807) is 11.8 Å². The molecule has 3 nitrogen and oxygen atoms in total. The van der Waals surface area contributed by atoms with Crippen molar-refractivity contribution in [1.82, 2.24) is 4.90 Å². The highest BCUT2D eigenvalue weighted by Crippen LogP contribution is 2.25. The minimum Gasteiger partial charge on any atom is -0.340 e. The summed E-state index contributed by atoms with van der Waals surface area (Å²) in [4.78, 5) is 14.5. The highest BCUT2D eigenvalue weighted by atomic mass is 35.5. The van der Waals surface area contributed by atoms with E-state index in [2.05, 4.69) is 12.1 Å². The lowest BCUT2D eigenvalue weighted by atomic mass is 10.1. The molecule has 0 radical (unpaired) electrons. The Hall–Kier alpha value is -0.360. The van der Waals surface area contributed by atoms with Crippen LogP contribution in [0.5, 0.6) is 0 Å². The van der Waals surface area contributed by atoms with Crippen LogP contribution < -0.4 is 5.73 Å². The van der Waals surface area contributed by atoms with Crippen LogP contribution in [-0.4, -0.2) is 52.9 Å². The summed E-state index contributed by atoms with van der Waals surface area (Å²) in [5, 5.41) is 0.121. The van der Waals surface area contributed by atoms with Crippen LogP contribution in [0.2, 0.25) is 0 Å². The van der Waals surface area contributed by atoms with Crippen molar-refractivity contribution in [2.75, 3.05) is 36.9 Å².